The van der Waals surface area contributed by atoms with E-state index < -0.39 is 11.8 Å². The van der Waals surface area contributed by atoms with Crippen LogP contribution in [0.3, 0.4) is 0 Å². The molecule has 2 nitrogen and oxygen atoms in total. The Balaban J connectivity index is 3.23. The van der Waals surface area contributed by atoms with Crippen LogP contribution in [0.25, 0.3) is 0 Å². The number of halogens is 2. The van der Waals surface area contributed by atoms with Gasteiger partial charge in [-0.1, -0.05) is 11.6 Å². The average molecular weight is 203 g/mol. The highest BCUT2D eigenvalue weighted by molar-refractivity contribution is 6.31. The first-order valence-electron chi connectivity index (χ1n) is 3.60. The number of aryl methyl sites for hydroxylation is 1. The van der Waals surface area contributed by atoms with Gasteiger partial charge in [0.25, 0.3) is 0 Å². The van der Waals surface area contributed by atoms with Gasteiger partial charge in [-0.2, -0.15) is 0 Å². The van der Waals surface area contributed by atoms with Crippen molar-refractivity contribution in [1.82, 2.24) is 0 Å². The Morgan fingerprint density at radius 3 is 2.69 bits per heavy atom. The first-order chi connectivity index (χ1) is 6.06. The van der Waals surface area contributed by atoms with Crippen molar-refractivity contribution in [2.24, 2.45) is 0 Å². The van der Waals surface area contributed by atoms with Crippen LogP contribution < -0.4 is 0 Å². The zero-order valence-corrected chi connectivity index (χ0v) is 7.98. The van der Waals surface area contributed by atoms with E-state index in [0.29, 0.717) is 10.6 Å². The number of methoxy groups -OCH3 is 1. The summed E-state index contributed by atoms with van der Waals surface area (Å²) < 4.78 is 17.5. The molecule has 4 heteroatoms. The molecule has 0 fully saturated rings. The average Bonchev–Trinajstić information content (AvgIpc) is 2.10. The van der Waals surface area contributed by atoms with E-state index in [0.717, 1.165) is 0 Å². The molecule has 0 spiro atoms. The SMILES string of the molecule is COC(=O)c1cc(Cl)c(C)cc1F. The van der Waals surface area contributed by atoms with Gasteiger partial charge in [-0.3, -0.25) is 0 Å². The lowest BCUT2D eigenvalue weighted by atomic mass is 10.1. The first kappa shape index (κ1) is 9.99. The molecule has 13 heavy (non-hydrogen) atoms. The topological polar surface area (TPSA) is 26.3 Å². The van der Waals surface area contributed by atoms with Crippen LogP contribution in [0.2, 0.25) is 5.02 Å². The van der Waals surface area contributed by atoms with Crippen molar-refractivity contribution >= 4 is 17.6 Å². The highest BCUT2D eigenvalue weighted by atomic mass is 35.5. The molecular weight excluding hydrogens is 195 g/mol. The number of hydrogen-bond donors (Lipinski definition) is 0. The maximum absolute atomic E-state index is 13.1. The zero-order valence-electron chi connectivity index (χ0n) is 7.23. The highest BCUT2D eigenvalue weighted by Crippen LogP contribution is 2.20. The summed E-state index contributed by atoms with van der Waals surface area (Å²) in [6, 6.07) is 2.46. The molecule has 0 radical (unpaired) electrons. The van der Waals surface area contributed by atoms with Crippen LogP contribution in [0.1, 0.15) is 15.9 Å². The van der Waals surface area contributed by atoms with Gasteiger partial charge >= 0.3 is 5.97 Å². The molecule has 0 aliphatic rings. The normalized spacial score (nSPS) is 9.85. The number of esters is 1. The standard InChI is InChI=1S/C9H8ClFO2/c1-5-3-8(11)6(4-7(5)10)9(12)13-2/h3-4H,1-2H3. The first-order valence-corrected chi connectivity index (χ1v) is 3.98. The van der Waals surface area contributed by atoms with E-state index in [4.69, 9.17) is 11.6 Å². The molecule has 0 unspecified atom stereocenters. The van der Waals surface area contributed by atoms with Crippen molar-refractivity contribution in [3.63, 3.8) is 0 Å². The molecule has 70 valence electrons. The third kappa shape index (κ3) is 1.98. The molecule has 0 saturated heterocycles. The molecule has 0 heterocycles. The van der Waals surface area contributed by atoms with Crippen LogP contribution in [0, 0.1) is 12.7 Å². The zero-order chi connectivity index (χ0) is 10.0. The van der Waals surface area contributed by atoms with E-state index >= 15 is 0 Å². The van der Waals surface area contributed by atoms with Crippen molar-refractivity contribution in [2.75, 3.05) is 7.11 Å². The largest absolute Gasteiger partial charge is 0.465 e. The Labute approximate surface area is 80.3 Å². The van der Waals surface area contributed by atoms with Crippen molar-refractivity contribution in [3.05, 3.63) is 34.1 Å². The van der Waals surface area contributed by atoms with E-state index in [1.54, 1.807) is 6.92 Å². The molecule has 0 amide bonds. The molecular formula is C9H8ClFO2. The Morgan fingerprint density at radius 2 is 2.15 bits per heavy atom. The van der Waals surface area contributed by atoms with Crippen molar-refractivity contribution in [3.8, 4) is 0 Å². The fourth-order valence-electron chi connectivity index (χ4n) is 0.913. The summed E-state index contributed by atoms with van der Waals surface area (Å²) in [5.41, 5.74) is 0.449. The van der Waals surface area contributed by atoms with Crippen molar-refractivity contribution in [2.45, 2.75) is 6.92 Å². The fraction of sp³-hybridized carbons (Fsp3) is 0.222. The molecule has 0 atom stereocenters. The summed E-state index contributed by atoms with van der Waals surface area (Å²) in [5.74, 6) is -1.34. The van der Waals surface area contributed by atoms with E-state index in [9.17, 15) is 9.18 Å². The van der Waals surface area contributed by atoms with Crippen LogP contribution in [0.4, 0.5) is 4.39 Å². The second-order valence-electron chi connectivity index (χ2n) is 2.57. The van der Waals surface area contributed by atoms with Gasteiger partial charge in [-0.15, -0.1) is 0 Å². The van der Waals surface area contributed by atoms with E-state index in [1.165, 1.54) is 19.2 Å². The maximum Gasteiger partial charge on any atom is 0.340 e. The number of carbonyl (C=O) groups excluding carboxylic acids is 1. The Hall–Kier alpha value is -1.09. The minimum Gasteiger partial charge on any atom is -0.465 e. The summed E-state index contributed by atoms with van der Waals surface area (Å²) in [6.07, 6.45) is 0. The Kier molecular flexibility index (Phi) is 2.88. The molecule has 0 N–H and O–H groups in total. The van der Waals surface area contributed by atoms with Crippen LogP contribution >= 0.6 is 11.6 Å². The minimum absolute atomic E-state index is 0.141. The predicted molar refractivity (Wildman–Crippen MR) is 47.5 cm³/mol. The quantitative estimate of drug-likeness (QED) is 0.655. The van der Waals surface area contributed by atoms with E-state index in [2.05, 4.69) is 4.74 Å². The van der Waals surface area contributed by atoms with Crippen molar-refractivity contribution < 1.29 is 13.9 Å². The number of ether oxygens (including phenoxy) is 1. The molecule has 0 aliphatic heterocycles. The smallest absolute Gasteiger partial charge is 0.340 e. The van der Waals surface area contributed by atoms with E-state index in [1.807, 2.05) is 0 Å². The van der Waals surface area contributed by atoms with Gasteiger partial charge in [-0.05, 0) is 24.6 Å². The maximum atomic E-state index is 13.1. The number of hydrogen-bond acceptors (Lipinski definition) is 2. The second-order valence-corrected chi connectivity index (χ2v) is 2.98. The number of carbonyl (C=O) groups is 1. The molecule has 0 aliphatic carbocycles. The van der Waals surface area contributed by atoms with Crippen LogP contribution in [0.5, 0.6) is 0 Å². The Bertz CT molecular complexity index is 350. The second kappa shape index (κ2) is 3.75. The van der Waals surface area contributed by atoms with Crippen LogP contribution in [-0.4, -0.2) is 13.1 Å². The molecule has 1 aromatic rings. The molecule has 1 aromatic carbocycles. The third-order valence-corrected chi connectivity index (χ3v) is 2.06. The Morgan fingerprint density at radius 1 is 1.54 bits per heavy atom. The molecule has 0 bridgehead atoms. The number of benzene rings is 1. The van der Waals surface area contributed by atoms with Crippen molar-refractivity contribution in [1.29, 1.82) is 0 Å². The summed E-state index contributed by atoms with van der Waals surface area (Å²) in [4.78, 5) is 11.0. The molecule has 0 saturated carbocycles. The summed E-state index contributed by atoms with van der Waals surface area (Å²) >= 11 is 5.71. The minimum atomic E-state index is -0.723. The predicted octanol–water partition coefficient (Wildman–Crippen LogP) is 2.57. The van der Waals surface area contributed by atoms with Gasteiger partial charge in [0, 0.05) is 5.02 Å². The van der Waals surface area contributed by atoms with Gasteiger partial charge in [0.15, 0.2) is 0 Å². The van der Waals surface area contributed by atoms with E-state index in [-0.39, 0.29) is 5.56 Å². The van der Waals surface area contributed by atoms with Crippen LogP contribution in [0.15, 0.2) is 12.1 Å². The fourth-order valence-corrected chi connectivity index (χ4v) is 1.08. The highest BCUT2D eigenvalue weighted by Gasteiger charge is 2.13. The lowest BCUT2D eigenvalue weighted by molar-refractivity contribution is 0.0595. The summed E-state index contributed by atoms with van der Waals surface area (Å²) in [6.45, 7) is 1.66. The molecule has 0 aromatic heterocycles. The third-order valence-electron chi connectivity index (χ3n) is 1.65. The summed E-state index contributed by atoms with van der Waals surface area (Å²) in [7, 11) is 1.19. The van der Waals surface area contributed by atoms with Crippen LogP contribution in [-0.2, 0) is 4.74 Å². The van der Waals surface area contributed by atoms with Gasteiger partial charge < -0.3 is 4.74 Å². The lowest BCUT2D eigenvalue weighted by Gasteiger charge is -2.03. The molecule has 1 rings (SSSR count). The van der Waals surface area contributed by atoms with Gasteiger partial charge in [0.1, 0.15) is 5.82 Å². The van der Waals surface area contributed by atoms with Gasteiger partial charge in [0.05, 0.1) is 12.7 Å². The monoisotopic (exact) mass is 202 g/mol. The van der Waals surface area contributed by atoms with Gasteiger partial charge in [-0.25, -0.2) is 9.18 Å². The number of rotatable bonds is 1. The lowest BCUT2D eigenvalue weighted by Crippen LogP contribution is -2.04. The summed E-state index contributed by atoms with van der Waals surface area (Å²) in [5, 5.41) is 0.349. The van der Waals surface area contributed by atoms with Gasteiger partial charge in [0.2, 0.25) is 0 Å².